The summed E-state index contributed by atoms with van der Waals surface area (Å²) in [5.74, 6) is 0.385. The summed E-state index contributed by atoms with van der Waals surface area (Å²) in [6.45, 7) is 1.15. The fraction of sp³-hybridized carbons (Fsp3) is 0.235. The van der Waals surface area contributed by atoms with Crippen molar-refractivity contribution in [1.29, 1.82) is 0 Å². The lowest BCUT2D eigenvalue weighted by atomic mass is 10.1. The first-order valence-electron chi connectivity index (χ1n) is 7.28. The van der Waals surface area contributed by atoms with E-state index < -0.39 is 0 Å². The Hall–Kier alpha value is -2.27. The maximum atomic E-state index is 13.0. The van der Waals surface area contributed by atoms with E-state index in [9.17, 15) is 9.18 Å². The normalized spacial score (nSPS) is 10.2. The molecule has 0 saturated heterocycles. The lowest BCUT2D eigenvalue weighted by Gasteiger charge is -2.09. The molecular weight excluding hydrogens is 319 g/mol. The van der Waals surface area contributed by atoms with Gasteiger partial charge in [0.1, 0.15) is 18.2 Å². The van der Waals surface area contributed by atoms with Crippen molar-refractivity contribution in [3.63, 3.8) is 0 Å². The van der Waals surface area contributed by atoms with Gasteiger partial charge in [0.2, 0.25) is 0 Å². The van der Waals surface area contributed by atoms with Gasteiger partial charge >= 0.3 is 6.03 Å². The van der Waals surface area contributed by atoms with Gasteiger partial charge in [-0.1, -0.05) is 29.8 Å². The quantitative estimate of drug-likeness (QED) is 0.761. The minimum absolute atomic E-state index is 0.273. The lowest BCUT2D eigenvalue weighted by molar-refractivity contribution is 0.236. The average Bonchev–Trinajstić information content (AvgIpc) is 2.52. The highest BCUT2D eigenvalue weighted by Crippen LogP contribution is 2.16. The molecule has 6 heteroatoms. The molecule has 0 aliphatic carbocycles. The van der Waals surface area contributed by atoms with Crippen LogP contribution >= 0.6 is 11.6 Å². The topological polar surface area (TPSA) is 50.4 Å². The van der Waals surface area contributed by atoms with Crippen LogP contribution in [-0.2, 0) is 6.42 Å². The number of amides is 2. The van der Waals surface area contributed by atoms with E-state index in [0.717, 1.165) is 5.56 Å². The van der Waals surface area contributed by atoms with E-state index in [1.165, 1.54) is 12.1 Å². The highest BCUT2D eigenvalue weighted by molar-refractivity contribution is 6.30. The summed E-state index contributed by atoms with van der Waals surface area (Å²) < 4.78 is 18.5. The summed E-state index contributed by atoms with van der Waals surface area (Å²) in [7, 11) is 0. The second kappa shape index (κ2) is 9.00. The second-order valence-electron chi connectivity index (χ2n) is 4.87. The van der Waals surface area contributed by atoms with E-state index in [4.69, 9.17) is 16.3 Å². The molecule has 0 saturated carbocycles. The molecule has 0 heterocycles. The fourth-order valence-corrected chi connectivity index (χ4v) is 2.15. The minimum atomic E-state index is -0.281. The van der Waals surface area contributed by atoms with Crippen LogP contribution in [0.5, 0.6) is 5.75 Å². The molecule has 122 valence electrons. The Morgan fingerprint density at radius 1 is 1.09 bits per heavy atom. The zero-order valence-corrected chi connectivity index (χ0v) is 13.3. The lowest BCUT2D eigenvalue weighted by Crippen LogP contribution is -2.38. The van der Waals surface area contributed by atoms with Gasteiger partial charge in [-0.15, -0.1) is 0 Å². The molecule has 0 atom stereocenters. The molecule has 23 heavy (non-hydrogen) atoms. The maximum absolute atomic E-state index is 13.0. The SMILES string of the molecule is O=C(NCCOc1cccc(Cl)c1)NCCc1cccc(F)c1. The molecule has 0 aromatic heterocycles. The monoisotopic (exact) mass is 336 g/mol. The summed E-state index contributed by atoms with van der Waals surface area (Å²) in [4.78, 5) is 11.6. The van der Waals surface area contributed by atoms with Gasteiger partial charge in [0, 0.05) is 11.6 Å². The van der Waals surface area contributed by atoms with Crippen LogP contribution in [0.2, 0.25) is 5.02 Å². The minimum Gasteiger partial charge on any atom is -0.492 e. The molecule has 4 nitrogen and oxygen atoms in total. The summed E-state index contributed by atoms with van der Waals surface area (Å²) in [5.41, 5.74) is 0.842. The number of urea groups is 1. The summed E-state index contributed by atoms with van der Waals surface area (Å²) in [6, 6.07) is 13.1. The van der Waals surface area contributed by atoms with Crippen LogP contribution in [0.3, 0.4) is 0 Å². The number of benzene rings is 2. The van der Waals surface area contributed by atoms with Crippen molar-refractivity contribution in [3.8, 4) is 5.75 Å². The highest BCUT2D eigenvalue weighted by atomic mass is 35.5. The summed E-state index contributed by atoms with van der Waals surface area (Å²) in [5, 5.41) is 5.99. The molecule has 0 bridgehead atoms. The molecular formula is C17H18ClFN2O2. The molecule has 0 aliphatic rings. The van der Waals surface area contributed by atoms with Crippen LogP contribution in [0.1, 0.15) is 5.56 Å². The van der Waals surface area contributed by atoms with Gasteiger partial charge in [0.15, 0.2) is 0 Å². The molecule has 2 rings (SSSR count). The molecule has 0 radical (unpaired) electrons. The number of hydrogen-bond acceptors (Lipinski definition) is 2. The Morgan fingerprint density at radius 2 is 1.87 bits per heavy atom. The first-order chi connectivity index (χ1) is 11.1. The van der Waals surface area contributed by atoms with E-state index >= 15 is 0 Å². The van der Waals surface area contributed by atoms with Crippen molar-refractivity contribution in [2.45, 2.75) is 6.42 Å². The number of rotatable bonds is 7. The number of hydrogen-bond donors (Lipinski definition) is 2. The van der Waals surface area contributed by atoms with Crippen molar-refractivity contribution >= 4 is 17.6 Å². The first kappa shape index (κ1) is 17.1. The molecule has 2 amide bonds. The number of halogens is 2. The Morgan fingerprint density at radius 3 is 2.65 bits per heavy atom. The molecule has 2 N–H and O–H groups in total. The molecule has 0 unspecified atom stereocenters. The van der Waals surface area contributed by atoms with Gasteiger partial charge in [-0.05, 0) is 42.3 Å². The third-order valence-electron chi connectivity index (χ3n) is 3.04. The predicted molar refractivity (Wildman–Crippen MR) is 88.5 cm³/mol. The Kier molecular flexibility index (Phi) is 6.69. The van der Waals surface area contributed by atoms with E-state index in [2.05, 4.69) is 10.6 Å². The number of ether oxygens (including phenoxy) is 1. The predicted octanol–water partition coefficient (Wildman–Crippen LogP) is 3.40. The molecule has 2 aromatic rings. The van der Waals surface area contributed by atoms with Crippen molar-refractivity contribution in [3.05, 3.63) is 64.9 Å². The van der Waals surface area contributed by atoms with Crippen LogP contribution in [0.25, 0.3) is 0 Å². The van der Waals surface area contributed by atoms with Gasteiger partial charge in [-0.2, -0.15) is 0 Å². The molecule has 0 aliphatic heterocycles. The standard InChI is InChI=1S/C17H18ClFN2O2/c18-14-4-2-6-16(12-14)23-10-9-21-17(22)20-8-7-13-3-1-5-15(19)11-13/h1-6,11-12H,7-10H2,(H2,20,21,22). The van der Waals surface area contributed by atoms with Crippen LogP contribution in [0.15, 0.2) is 48.5 Å². The van der Waals surface area contributed by atoms with E-state index in [1.54, 1.807) is 30.3 Å². The third kappa shape index (κ3) is 6.57. The van der Waals surface area contributed by atoms with Gasteiger partial charge in [-0.3, -0.25) is 0 Å². The van der Waals surface area contributed by atoms with Crippen molar-refractivity contribution in [2.75, 3.05) is 19.7 Å². The zero-order valence-electron chi connectivity index (χ0n) is 12.5. The summed E-state index contributed by atoms with van der Waals surface area (Å²) in [6.07, 6.45) is 0.574. The Labute approximate surface area is 139 Å². The smallest absolute Gasteiger partial charge is 0.314 e. The van der Waals surface area contributed by atoms with E-state index in [-0.39, 0.29) is 11.8 Å². The maximum Gasteiger partial charge on any atom is 0.314 e. The van der Waals surface area contributed by atoms with Gasteiger partial charge in [-0.25, -0.2) is 9.18 Å². The van der Waals surface area contributed by atoms with Crippen molar-refractivity contribution < 1.29 is 13.9 Å². The number of nitrogens with one attached hydrogen (secondary N) is 2. The highest BCUT2D eigenvalue weighted by Gasteiger charge is 2.01. The van der Waals surface area contributed by atoms with Crippen LogP contribution in [0, 0.1) is 5.82 Å². The van der Waals surface area contributed by atoms with Crippen LogP contribution in [0.4, 0.5) is 9.18 Å². The number of carbonyl (C=O) groups is 1. The van der Waals surface area contributed by atoms with E-state index in [0.29, 0.717) is 36.9 Å². The van der Waals surface area contributed by atoms with Gasteiger partial charge in [0.25, 0.3) is 0 Å². The summed E-state index contributed by atoms with van der Waals surface area (Å²) >= 11 is 5.84. The Balaban J connectivity index is 1.58. The Bertz CT molecular complexity index is 652. The molecule has 0 fully saturated rings. The van der Waals surface area contributed by atoms with Gasteiger partial charge < -0.3 is 15.4 Å². The molecule has 2 aromatic carbocycles. The second-order valence-corrected chi connectivity index (χ2v) is 5.30. The molecule has 0 spiro atoms. The van der Waals surface area contributed by atoms with Crippen LogP contribution in [-0.4, -0.2) is 25.7 Å². The van der Waals surface area contributed by atoms with Crippen LogP contribution < -0.4 is 15.4 Å². The third-order valence-corrected chi connectivity index (χ3v) is 3.28. The van der Waals surface area contributed by atoms with Crippen molar-refractivity contribution in [2.24, 2.45) is 0 Å². The largest absolute Gasteiger partial charge is 0.492 e. The first-order valence-corrected chi connectivity index (χ1v) is 7.66. The average molecular weight is 337 g/mol. The number of carbonyl (C=O) groups excluding carboxylic acids is 1. The van der Waals surface area contributed by atoms with E-state index in [1.807, 2.05) is 6.07 Å². The fourth-order valence-electron chi connectivity index (χ4n) is 1.97. The van der Waals surface area contributed by atoms with Crippen molar-refractivity contribution in [1.82, 2.24) is 10.6 Å². The zero-order chi connectivity index (χ0) is 16.5. The van der Waals surface area contributed by atoms with Gasteiger partial charge in [0.05, 0.1) is 6.54 Å².